The molecule has 130 valence electrons. The van der Waals surface area contributed by atoms with E-state index in [0.29, 0.717) is 12.5 Å². The molecule has 4 nitrogen and oxygen atoms in total. The molecule has 0 radical (unpaired) electrons. The summed E-state index contributed by atoms with van der Waals surface area (Å²) in [5.41, 5.74) is 2.97. The Morgan fingerprint density at radius 2 is 1.88 bits per heavy atom. The number of nitrogens with zero attached hydrogens (tertiary/aromatic N) is 2. The maximum Gasteiger partial charge on any atom is 0.237 e. The van der Waals surface area contributed by atoms with Crippen molar-refractivity contribution in [1.82, 2.24) is 15.1 Å². The van der Waals surface area contributed by atoms with E-state index in [-0.39, 0.29) is 5.54 Å². The van der Waals surface area contributed by atoms with Crippen molar-refractivity contribution in [3.63, 3.8) is 0 Å². The summed E-state index contributed by atoms with van der Waals surface area (Å²) >= 11 is 0. The van der Waals surface area contributed by atoms with Crippen LogP contribution in [0, 0.1) is 0 Å². The summed E-state index contributed by atoms with van der Waals surface area (Å²) in [6.45, 7) is 5.34. The lowest BCUT2D eigenvalue weighted by Crippen LogP contribution is -2.63. The van der Waals surface area contributed by atoms with Gasteiger partial charge in [0.2, 0.25) is 5.91 Å². The molecule has 2 fully saturated rings. The molecule has 1 aliphatic carbocycles. The zero-order valence-electron chi connectivity index (χ0n) is 14.6. The van der Waals surface area contributed by atoms with Gasteiger partial charge in [-0.25, -0.2) is 0 Å². The van der Waals surface area contributed by atoms with Gasteiger partial charge in [0.15, 0.2) is 0 Å². The first-order chi connectivity index (χ1) is 11.8. The van der Waals surface area contributed by atoms with E-state index in [4.69, 9.17) is 0 Å². The summed E-state index contributed by atoms with van der Waals surface area (Å²) in [7, 11) is 0. The third-order valence-electron chi connectivity index (χ3n) is 6.28. The summed E-state index contributed by atoms with van der Waals surface area (Å²) in [6, 6.07) is 8.55. The second-order valence-corrected chi connectivity index (χ2v) is 7.72. The fourth-order valence-corrected chi connectivity index (χ4v) is 4.81. The smallest absolute Gasteiger partial charge is 0.237 e. The Morgan fingerprint density at radius 1 is 1.08 bits per heavy atom. The SMILES string of the molecule is O=C(CN1CCNCC12CCCCC2)N1CCc2ccccc2C1. The summed E-state index contributed by atoms with van der Waals surface area (Å²) < 4.78 is 0. The van der Waals surface area contributed by atoms with Crippen LogP contribution in [0.1, 0.15) is 43.2 Å². The lowest BCUT2D eigenvalue weighted by Gasteiger charge is -2.50. The molecular weight excluding hydrogens is 298 g/mol. The van der Waals surface area contributed by atoms with Crippen LogP contribution in [0.4, 0.5) is 0 Å². The third kappa shape index (κ3) is 3.09. The number of hydrogen-bond acceptors (Lipinski definition) is 3. The number of hydrogen-bond donors (Lipinski definition) is 1. The molecule has 1 saturated heterocycles. The molecule has 1 aromatic carbocycles. The maximum atomic E-state index is 13.0. The fraction of sp³-hybridized carbons (Fsp3) is 0.650. The third-order valence-corrected chi connectivity index (χ3v) is 6.28. The first kappa shape index (κ1) is 16.1. The first-order valence-corrected chi connectivity index (χ1v) is 9.57. The summed E-state index contributed by atoms with van der Waals surface area (Å²) in [4.78, 5) is 17.5. The predicted molar refractivity (Wildman–Crippen MR) is 95.8 cm³/mol. The van der Waals surface area contributed by atoms with Crippen molar-refractivity contribution in [2.24, 2.45) is 0 Å². The molecule has 1 spiro atoms. The number of nitrogens with one attached hydrogen (secondary N) is 1. The second kappa shape index (κ2) is 6.85. The van der Waals surface area contributed by atoms with E-state index < -0.39 is 0 Å². The minimum absolute atomic E-state index is 0.236. The molecule has 1 amide bonds. The van der Waals surface area contributed by atoms with Crippen LogP contribution in [0.2, 0.25) is 0 Å². The van der Waals surface area contributed by atoms with Gasteiger partial charge < -0.3 is 10.2 Å². The molecule has 2 heterocycles. The molecule has 0 bridgehead atoms. The monoisotopic (exact) mass is 327 g/mol. The van der Waals surface area contributed by atoms with Crippen LogP contribution in [0.25, 0.3) is 0 Å². The molecular formula is C20H29N3O. The van der Waals surface area contributed by atoms with Crippen molar-refractivity contribution in [1.29, 1.82) is 0 Å². The van der Waals surface area contributed by atoms with Gasteiger partial charge in [0.1, 0.15) is 0 Å². The topological polar surface area (TPSA) is 35.6 Å². The molecule has 1 N–H and O–H groups in total. The zero-order valence-corrected chi connectivity index (χ0v) is 14.6. The number of carbonyl (C=O) groups is 1. The summed E-state index contributed by atoms with van der Waals surface area (Å²) in [6.07, 6.45) is 7.46. The van der Waals surface area contributed by atoms with Crippen molar-refractivity contribution in [2.75, 3.05) is 32.7 Å². The Kier molecular flexibility index (Phi) is 4.59. The molecule has 24 heavy (non-hydrogen) atoms. The van der Waals surface area contributed by atoms with Crippen molar-refractivity contribution >= 4 is 5.91 Å². The number of benzene rings is 1. The van der Waals surface area contributed by atoms with Crippen molar-refractivity contribution in [2.45, 2.75) is 50.6 Å². The Morgan fingerprint density at radius 3 is 2.71 bits per heavy atom. The highest BCUT2D eigenvalue weighted by atomic mass is 16.2. The van der Waals surface area contributed by atoms with Crippen LogP contribution >= 0.6 is 0 Å². The van der Waals surface area contributed by atoms with Gasteiger partial charge in [-0.1, -0.05) is 43.5 Å². The summed E-state index contributed by atoms with van der Waals surface area (Å²) in [5.74, 6) is 0.316. The number of fused-ring (bicyclic) bond motifs is 1. The Balaban J connectivity index is 1.43. The molecule has 0 aromatic heterocycles. The van der Waals surface area contributed by atoms with Gasteiger partial charge in [0, 0.05) is 38.3 Å². The molecule has 0 unspecified atom stereocenters. The van der Waals surface area contributed by atoms with Crippen molar-refractivity contribution < 1.29 is 4.79 Å². The van der Waals surface area contributed by atoms with E-state index in [2.05, 4.69) is 39.4 Å². The van der Waals surface area contributed by atoms with Crippen LogP contribution < -0.4 is 5.32 Å². The van der Waals surface area contributed by atoms with E-state index in [1.165, 1.54) is 43.2 Å². The van der Waals surface area contributed by atoms with Gasteiger partial charge in [0.25, 0.3) is 0 Å². The Labute approximate surface area is 145 Å². The van der Waals surface area contributed by atoms with E-state index >= 15 is 0 Å². The first-order valence-electron chi connectivity index (χ1n) is 9.57. The van der Waals surface area contributed by atoms with Crippen LogP contribution in [-0.4, -0.2) is 54.0 Å². The van der Waals surface area contributed by atoms with Crippen LogP contribution in [0.5, 0.6) is 0 Å². The fourth-order valence-electron chi connectivity index (χ4n) is 4.81. The molecule has 4 heteroatoms. The van der Waals surface area contributed by atoms with E-state index in [9.17, 15) is 4.79 Å². The minimum atomic E-state index is 0.236. The molecule has 0 atom stereocenters. The highest BCUT2D eigenvalue weighted by Gasteiger charge is 2.40. The number of piperazine rings is 1. The molecule has 4 rings (SSSR count). The normalized spacial score (nSPS) is 23.9. The number of carbonyl (C=O) groups excluding carboxylic acids is 1. The average Bonchev–Trinajstić information content (AvgIpc) is 2.64. The Hall–Kier alpha value is -1.39. The number of rotatable bonds is 2. The van der Waals surface area contributed by atoms with Gasteiger partial charge >= 0.3 is 0 Å². The molecule has 3 aliphatic rings. The van der Waals surface area contributed by atoms with Gasteiger partial charge in [-0.3, -0.25) is 9.69 Å². The van der Waals surface area contributed by atoms with Crippen molar-refractivity contribution in [3.05, 3.63) is 35.4 Å². The van der Waals surface area contributed by atoms with Gasteiger partial charge in [-0.2, -0.15) is 0 Å². The number of amides is 1. The molecule has 1 saturated carbocycles. The molecule has 2 aliphatic heterocycles. The average molecular weight is 327 g/mol. The molecule has 1 aromatic rings. The van der Waals surface area contributed by atoms with Crippen molar-refractivity contribution in [3.8, 4) is 0 Å². The summed E-state index contributed by atoms with van der Waals surface area (Å²) in [5, 5.41) is 3.57. The predicted octanol–water partition coefficient (Wildman–Crippen LogP) is 2.18. The standard InChI is InChI=1S/C20H29N3O/c24-19(22-12-8-17-6-2-3-7-18(17)14-22)15-23-13-11-21-16-20(23)9-4-1-5-10-20/h2-3,6-7,21H,1,4-5,8-16H2. The lowest BCUT2D eigenvalue weighted by atomic mass is 9.79. The van der Waals surface area contributed by atoms with Gasteiger partial charge in [-0.05, 0) is 30.4 Å². The van der Waals surface area contributed by atoms with E-state index in [0.717, 1.165) is 39.1 Å². The van der Waals surface area contributed by atoms with Gasteiger partial charge in [0.05, 0.1) is 6.54 Å². The highest BCUT2D eigenvalue weighted by Crippen LogP contribution is 2.34. The van der Waals surface area contributed by atoms with Crippen LogP contribution in [0.15, 0.2) is 24.3 Å². The minimum Gasteiger partial charge on any atom is -0.337 e. The van der Waals surface area contributed by atoms with Gasteiger partial charge in [-0.15, -0.1) is 0 Å². The van der Waals surface area contributed by atoms with Crippen LogP contribution in [0.3, 0.4) is 0 Å². The zero-order chi connectivity index (χ0) is 16.4. The largest absolute Gasteiger partial charge is 0.337 e. The van der Waals surface area contributed by atoms with Crippen LogP contribution in [-0.2, 0) is 17.8 Å². The Bertz CT molecular complexity index is 586. The quantitative estimate of drug-likeness (QED) is 0.904. The van der Waals surface area contributed by atoms with E-state index in [1.807, 2.05) is 0 Å². The second-order valence-electron chi connectivity index (χ2n) is 7.72. The lowest BCUT2D eigenvalue weighted by molar-refractivity contribution is -0.136. The highest BCUT2D eigenvalue weighted by molar-refractivity contribution is 5.78. The van der Waals surface area contributed by atoms with E-state index in [1.54, 1.807) is 0 Å². The maximum absolute atomic E-state index is 13.0.